The second-order valence-electron chi connectivity index (χ2n) is 4.38. The average Bonchev–Trinajstić information content (AvgIpc) is 2.28. The molecule has 2 rings (SSSR count). The summed E-state index contributed by atoms with van der Waals surface area (Å²) >= 11 is 0. The first-order valence-corrected chi connectivity index (χ1v) is 5.81. The summed E-state index contributed by atoms with van der Waals surface area (Å²) in [6.45, 7) is 3.40. The largest absolute Gasteiger partial charge is 0.384 e. The molecule has 0 aliphatic rings. The smallest absolute Gasteiger partial charge is 0.144 e. The van der Waals surface area contributed by atoms with Crippen molar-refractivity contribution in [1.82, 2.24) is 19.9 Å². The lowest BCUT2D eigenvalue weighted by Crippen LogP contribution is -2.19. The normalized spacial score (nSPS) is 10.8. The predicted octanol–water partition coefficient (Wildman–Crippen LogP) is 1.39. The van der Waals surface area contributed by atoms with E-state index in [0.717, 1.165) is 18.1 Å². The fraction of sp³-hybridized carbons (Fsp3) is 0.308. The number of anilines is 1. The van der Waals surface area contributed by atoms with Crippen LogP contribution in [0.3, 0.4) is 0 Å². The molecule has 94 valence electrons. The van der Waals surface area contributed by atoms with Crippen molar-refractivity contribution in [1.29, 1.82) is 0 Å². The van der Waals surface area contributed by atoms with Crippen LogP contribution in [0.4, 0.5) is 5.82 Å². The first-order chi connectivity index (χ1) is 8.63. The Morgan fingerprint density at radius 2 is 2.11 bits per heavy atom. The van der Waals surface area contributed by atoms with Crippen LogP contribution in [0.15, 0.2) is 30.6 Å². The molecule has 2 aromatic heterocycles. The second-order valence-corrected chi connectivity index (χ2v) is 4.38. The highest BCUT2D eigenvalue weighted by atomic mass is 15.1. The van der Waals surface area contributed by atoms with E-state index in [-0.39, 0.29) is 0 Å². The van der Waals surface area contributed by atoms with Gasteiger partial charge in [-0.25, -0.2) is 9.97 Å². The third-order valence-electron chi connectivity index (χ3n) is 2.51. The molecule has 2 N–H and O–H groups in total. The molecule has 0 fully saturated rings. The first-order valence-electron chi connectivity index (χ1n) is 5.81. The Labute approximate surface area is 107 Å². The highest BCUT2D eigenvalue weighted by molar-refractivity contribution is 5.29. The lowest BCUT2D eigenvalue weighted by molar-refractivity contribution is 0.310. The molecule has 0 spiro atoms. The van der Waals surface area contributed by atoms with Crippen molar-refractivity contribution in [2.45, 2.75) is 20.0 Å². The van der Waals surface area contributed by atoms with Crippen LogP contribution in [0.2, 0.25) is 0 Å². The number of rotatable bonds is 4. The van der Waals surface area contributed by atoms with Crippen LogP contribution in [-0.4, -0.2) is 26.9 Å². The van der Waals surface area contributed by atoms with E-state index >= 15 is 0 Å². The van der Waals surface area contributed by atoms with Crippen LogP contribution in [0.1, 0.15) is 17.1 Å². The maximum Gasteiger partial charge on any atom is 0.144 e. The molecule has 0 unspecified atom stereocenters. The van der Waals surface area contributed by atoms with Crippen LogP contribution in [0, 0.1) is 6.92 Å². The minimum atomic E-state index is 0.521. The van der Waals surface area contributed by atoms with E-state index in [4.69, 9.17) is 5.73 Å². The number of nitrogens with zero attached hydrogens (tertiary/aromatic N) is 4. The molecule has 0 radical (unpaired) electrons. The molecule has 2 aromatic rings. The van der Waals surface area contributed by atoms with Crippen molar-refractivity contribution in [2.24, 2.45) is 0 Å². The third-order valence-corrected chi connectivity index (χ3v) is 2.51. The van der Waals surface area contributed by atoms with Crippen LogP contribution in [-0.2, 0) is 13.1 Å². The van der Waals surface area contributed by atoms with Gasteiger partial charge in [0.25, 0.3) is 0 Å². The zero-order valence-corrected chi connectivity index (χ0v) is 10.7. The molecular weight excluding hydrogens is 226 g/mol. The number of pyridine rings is 1. The van der Waals surface area contributed by atoms with Crippen molar-refractivity contribution in [3.63, 3.8) is 0 Å². The fourth-order valence-electron chi connectivity index (χ4n) is 1.83. The first kappa shape index (κ1) is 12.4. The molecule has 18 heavy (non-hydrogen) atoms. The van der Waals surface area contributed by atoms with Crippen LogP contribution in [0.5, 0.6) is 0 Å². The lowest BCUT2D eigenvalue weighted by atomic mass is 10.2. The zero-order valence-electron chi connectivity index (χ0n) is 10.7. The molecular formula is C13H17N5. The highest BCUT2D eigenvalue weighted by Crippen LogP contribution is 2.06. The van der Waals surface area contributed by atoms with Gasteiger partial charge < -0.3 is 5.73 Å². The van der Waals surface area contributed by atoms with Crippen molar-refractivity contribution in [2.75, 3.05) is 12.8 Å². The monoisotopic (exact) mass is 243 g/mol. The van der Waals surface area contributed by atoms with Gasteiger partial charge in [-0.1, -0.05) is 6.07 Å². The fourth-order valence-corrected chi connectivity index (χ4v) is 1.83. The van der Waals surface area contributed by atoms with Crippen LogP contribution in [0.25, 0.3) is 0 Å². The van der Waals surface area contributed by atoms with Gasteiger partial charge in [-0.15, -0.1) is 0 Å². The number of hydrogen-bond donors (Lipinski definition) is 1. The van der Waals surface area contributed by atoms with E-state index in [2.05, 4.69) is 25.9 Å². The van der Waals surface area contributed by atoms with E-state index < -0.39 is 0 Å². The van der Waals surface area contributed by atoms with Gasteiger partial charge in [-0.2, -0.15) is 0 Å². The maximum atomic E-state index is 5.71. The summed E-state index contributed by atoms with van der Waals surface area (Å²) in [7, 11) is 2.02. The molecule has 0 aliphatic heterocycles. The number of aryl methyl sites for hydroxylation is 1. The van der Waals surface area contributed by atoms with Crippen LogP contribution >= 0.6 is 0 Å². The second kappa shape index (κ2) is 5.55. The molecule has 0 atom stereocenters. The van der Waals surface area contributed by atoms with Crippen molar-refractivity contribution in [3.05, 3.63) is 47.7 Å². The number of aromatic nitrogens is 3. The van der Waals surface area contributed by atoms with Gasteiger partial charge in [0.1, 0.15) is 11.6 Å². The van der Waals surface area contributed by atoms with Gasteiger partial charge in [0.15, 0.2) is 0 Å². The Hall–Kier alpha value is -2.01. The maximum absolute atomic E-state index is 5.71. The summed E-state index contributed by atoms with van der Waals surface area (Å²) in [5.74, 6) is 1.27. The molecule has 2 heterocycles. The predicted molar refractivity (Wildman–Crippen MR) is 70.6 cm³/mol. The summed E-state index contributed by atoms with van der Waals surface area (Å²) in [6, 6.07) is 5.75. The summed E-state index contributed by atoms with van der Waals surface area (Å²) in [4.78, 5) is 14.8. The Morgan fingerprint density at radius 3 is 2.78 bits per heavy atom. The molecule has 0 aromatic carbocycles. The van der Waals surface area contributed by atoms with E-state index in [0.29, 0.717) is 12.4 Å². The van der Waals surface area contributed by atoms with Gasteiger partial charge in [0.05, 0.1) is 6.54 Å². The van der Waals surface area contributed by atoms with Crippen LogP contribution < -0.4 is 5.73 Å². The Morgan fingerprint density at radius 1 is 1.28 bits per heavy atom. The van der Waals surface area contributed by atoms with Crippen molar-refractivity contribution in [3.8, 4) is 0 Å². The van der Waals surface area contributed by atoms with Gasteiger partial charge in [0, 0.05) is 30.7 Å². The quantitative estimate of drug-likeness (QED) is 0.879. The molecule has 0 saturated carbocycles. The molecule has 5 heteroatoms. The standard InChI is InChI=1S/C13H17N5/c1-10-6-12(14)17-13(16-10)9-18(2)8-11-4-3-5-15-7-11/h3-7H,8-9H2,1-2H3,(H2,14,16,17). The van der Waals surface area contributed by atoms with Gasteiger partial charge in [-0.05, 0) is 25.6 Å². The van der Waals surface area contributed by atoms with Gasteiger partial charge in [0.2, 0.25) is 0 Å². The Kier molecular flexibility index (Phi) is 3.84. The number of nitrogen functional groups attached to an aromatic ring is 1. The lowest BCUT2D eigenvalue weighted by Gasteiger charge is -2.15. The minimum absolute atomic E-state index is 0.521. The Balaban J connectivity index is 2.01. The summed E-state index contributed by atoms with van der Waals surface area (Å²) in [5.41, 5.74) is 7.77. The minimum Gasteiger partial charge on any atom is -0.384 e. The van der Waals surface area contributed by atoms with Gasteiger partial charge in [-0.3, -0.25) is 9.88 Å². The number of hydrogen-bond acceptors (Lipinski definition) is 5. The topological polar surface area (TPSA) is 67.9 Å². The zero-order chi connectivity index (χ0) is 13.0. The number of nitrogens with two attached hydrogens (primary N) is 1. The summed E-state index contributed by atoms with van der Waals surface area (Å²) < 4.78 is 0. The van der Waals surface area contributed by atoms with E-state index in [1.807, 2.05) is 26.2 Å². The molecule has 5 nitrogen and oxygen atoms in total. The van der Waals surface area contributed by atoms with E-state index in [9.17, 15) is 0 Å². The van der Waals surface area contributed by atoms with E-state index in [1.54, 1.807) is 12.3 Å². The summed E-state index contributed by atoms with van der Waals surface area (Å²) in [5, 5.41) is 0. The molecule has 0 saturated heterocycles. The molecule has 0 bridgehead atoms. The summed E-state index contributed by atoms with van der Waals surface area (Å²) in [6.07, 6.45) is 3.63. The molecule has 0 amide bonds. The Bertz CT molecular complexity index is 492. The SMILES string of the molecule is Cc1cc(N)nc(CN(C)Cc2cccnc2)n1. The van der Waals surface area contributed by atoms with Crippen molar-refractivity contribution < 1.29 is 0 Å². The third kappa shape index (κ3) is 3.49. The highest BCUT2D eigenvalue weighted by Gasteiger charge is 2.05. The van der Waals surface area contributed by atoms with Gasteiger partial charge >= 0.3 is 0 Å². The van der Waals surface area contributed by atoms with E-state index in [1.165, 1.54) is 5.56 Å². The average molecular weight is 243 g/mol. The van der Waals surface area contributed by atoms with Crippen molar-refractivity contribution >= 4 is 5.82 Å². The molecule has 0 aliphatic carbocycles.